The Labute approximate surface area is 67.2 Å². The summed E-state index contributed by atoms with van der Waals surface area (Å²) in [6, 6.07) is 2.50. The van der Waals surface area contributed by atoms with E-state index in [2.05, 4.69) is 6.07 Å². The third-order valence-electron chi connectivity index (χ3n) is 2.97. The number of hydrogen-bond donors (Lipinski definition) is 0. The molecule has 0 atom stereocenters. The van der Waals surface area contributed by atoms with Gasteiger partial charge in [0.1, 0.15) is 0 Å². The molecule has 1 aliphatic carbocycles. The molecule has 0 unspecified atom stereocenters. The first-order valence-corrected chi connectivity index (χ1v) is 4.36. The molecular weight excluding hydrogens is 138 g/mol. The zero-order valence-corrected chi connectivity index (χ0v) is 6.68. The van der Waals surface area contributed by atoms with Crippen molar-refractivity contribution in [1.82, 2.24) is 0 Å². The molecule has 0 aromatic rings. The molecule has 2 nitrogen and oxygen atoms in total. The van der Waals surface area contributed by atoms with Crippen LogP contribution in [0.3, 0.4) is 0 Å². The van der Waals surface area contributed by atoms with Crippen molar-refractivity contribution in [3.8, 4) is 6.07 Å². The summed E-state index contributed by atoms with van der Waals surface area (Å²) in [5.41, 5.74) is 0.0122. The summed E-state index contributed by atoms with van der Waals surface area (Å²) in [5, 5.41) is 9.05. The summed E-state index contributed by atoms with van der Waals surface area (Å²) >= 11 is 0. The first-order chi connectivity index (χ1) is 5.37. The highest BCUT2D eigenvalue weighted by Gasteiger charge is 2.46. The molecule has 2 fully saturated rings. The first kappa shape index (κ1) is 7.12. The molecule has 0 bridgehead atoms. The fourth-order valence-electron chi connectivity index (χ4n) is 1.98. The van der Waals surface area contributed by atoms with E-state index in [4.69, 9.17) is 10.00 Å². The van der Waals surface area contributed by atoms with E-state index in [1.807, 2.05) is 0 Å². The van der Waals surface area contributed by atoms with Gasteiger partial charge in [0.05, 0.1) is 11.5 Å². The molecule has 1 heterocycles. The van der Waals surface area contributed by atoms with Crippen LogP contribution >= 0.6 is 0 Å². The van der Waals surface area contributed by atoms with Crippen LogP contribution < -0.4 is 0 Å². The molecule has 0 spiro atoms. The van der Waals surface area contributed by atoms with Gasteiger partial charge < -0.3 is 4.74 Å². The van der Waals surface area contributed by atoms with Gasteiger partial charge in [0.2, 0.25) is 0 Å². The summed E-state index contributed by atoms with van der Waals surface area (Å²) in [5.74, 6) is 0.705. The highest BCUT2D eigenvalue weighted by molar-refractivity contribution is 5.08. The lowest BCUT2D eigenvalue weighted by Gasteiger charge is -2.30. The molecule has 0 amide bonds. The second-order valence-corrected chi connectivity index (χ2v) is 3.65. The molecule has 1 saturated heterocycles. The zero-order valence-electron chi connectivity index (χ0n) is 6.68. The Kier molecular flexibility index (Phi) is 1.61. The summed E-state index contributed by atoms with van der Waals surface area (Å²) in [6.07, 6.45) is 4.48. The average molecular weight is 151 g/mol. The number of rotatable bonds is 1. The maximum atomic E-state index is 9.05. The van der Waals surface area contributed by atoms with E-state index in [0.717, 1.165) is 26.1 Å². The molecule has 1 saturated carbocycles. The first-order valence-electron chi connectivity index (χ1n) is 4.36. The highest BCUT2D eigenvalue weighted by Crippen LogP contribution is 2.50. The van der Waals surface area contributed by atoms with Gasteiger partial charge >= 0.3 is 0 Å². The van der Waals surface area contributed by atoms with Crippen molar-refractivity contribution in [2.24, 2.45) is 11.3 Å². The predicted molar refractivity (Wildman–Crippen MR) is 40.8 cm³/mol. The number of nitrogens with zero attached hydrogens (tertiary/aromatic N) is 1. The zero-order chi connectivity index (χ0) is 7.73. The Morgan fingerprint density at radius 2 is 1.91 bits per heavy atom. The molecule has 2 aliphatic rings. The number of ether oxygens (including phenoxy) is 1. The molecule has 1 aliphatic heterocycles. The van der Waals surface area contributed by atoms with Crippen LogP contribution in [-0.2, 0) is 4.74 Å². The molecule has 0 radical (unpaired) electrons. The molecule has 0 aromatic heterocycles. The second-order valence-electron chi connectivity index (χ2n) is 3.65. The standard InChI is InChI=1S/C9H13NO/c10-7-9(8-1-2-8)3-5-11-6-4-9/h8H,1-6H2. The van der Waals surface area contributed by atoms with Gasteiger partial charge in [-0.15, -0.1) is 0 Å². The fourth-order valence-corrected chi connectivity index (χ4v) is 1.98. The minimum Gasteiger partial charge on any atom is -0.381 e. The van der Waals surface area contributed by atoms with Gasteiger partial charge in [-0.25, -0.2) is 0 Å². The monoisotopic (exact) mass is 151 g/mol. The number of nitriles is 1. The van der Waals surface area contributed by atoms with Crippen molar-refractivity contribution >= 4 is 0 Å². The fraction of sp³-hybridized carbons (Fsp3) is 0.889. The lowest BCUT2D eigenvalue weighted by atomic mass is 9.77. The van der Waals surface area contributed by atoms with Gasteiger partial charge in [0, 0.05) is 13.2 Å². The Bertz CT molecular complexity index is 184. The third kappa shape index (κ3) is 1.14. The van der Waals surface area contributed by atoms with E-state index < -0.39 is 0 Å². The van der Waals surface area contributed by atoms with Crippen LogP contribution in [-0.4, -0.2) is 13.2 Å². The Hall–Kier alpha value is -0.550. The van der Waals surface area contributed by atoms with Crippen LogP contribution in [0.15, 0.2) is 0 Å². The second kappa shape index (κ2) is 2.49. The normalized spacial score (nSPS) is 29.4. The van der Waals surface area contributed by atoms with Crippen molar-refractivity contribution in [3.05, 3.63) is 0 Å². The maximum absolute atomic E-state index is 9.05. The predicted octanol–water partition coefficient (Wildman–Crippen LogP) is 1.72. The van der Waals surface area contributed by atoms with Crippen molar-refractivity contribution in [1.29, 1.82) is 5.26 Å². The van der Waals surface area contributed by atoms with Crippen LogP contribution in [0.25, 0.3) is 0 Å². The van der Waals surface area contributed by atoms with E-state index in [1.165, 1.54) is 12.8 Å². The van der Waals surface area contributed by atoms with Crippen LogP contribution in [0.5, 0.6) is 0 Å². The molecular formula is C9H13NO. The third-order valence-corrected chi connectivity index (χ3v) is 2.97. The molecule has 2 rings (SSSR count). The summed E-state index contributed by atoms with van der Waals surface area (Å²) in [6.45, 7) is 1.59. The minimum absolute atomic E-state index is 0.0122. The minimum atomic E-state index is 0.0122. The van der Waals surface area contributed by atoms with Gasteiger partial charge in [-0.2, -0.15) is 5.26 Å². The van der Waals surface area contributed by atoms with E-state index >= 15 is 0 Å². The smallest absolute Gasteiger partial charge is 0.0694 e. The van der Waals surface area contributed by atoms with Gasteiger partial charge in [0.25, 0.3) is 0 Å². The Morgan fingerprint density at radius 1 is 1.27 bits per heavy atom. The maximum Gasteiger partial charge on any atom is 0.0694 e. The largest absolute Gasteiger partial charge is 0.381 e. The van der Waals surface area contributed by atoms with Gasteiger partial charge in [-0.1, -0.05) is 0 Å². The van der Waals surface area contributed by atoms with Crippen LogP contribution in [0.1, 0.15) is 25.7 Å². The molecule has 2 heteroatoms. The quantitative estimate of drug-likeness (QED) is 0.571. The van der Waals surface area contributed by atoms with Crippen molar-refractivity contribution in [2.45, 2.75) is 25.7 Å². The van der Waals surface area contributed by atoms with Crippen LogP contribution in [0.2, 0.25) is 0 Å². The van der Waals surface area contributed by atoms with E-state index in [9.17, 15) is 0 Å². The summed E-state index contributed by atoms with van der Waals surface area (Å²) in [7, 11) is 0. The van der Waals surface area contributed by atoms with Crippen molar-refractivity contribution < 1.29 is 4.74 Å². The summed E-state index contributed by atoms with van der Waals surface area (Å²) in [4.78, 5) is 0. The Balaban J connectivity index is 2.08. The van der Waals surface area contributed by atoms with Crippen LogP contribution in [0, 0.1) is 22.7 Å². The highest BCUT2D eigenvalue weighted by atomic mass is 16.5. The van der Waals surface area contributed by atoms with Gasteiger partial charge in [-0.05, 0) is 31.6 Å². The van der Waals surface area contributed by atoms with Crippen molar-refractivity contribution in [3.63, 3.8) is 0 Å². The average Bonchev–Trinajstić information content (AvgIpc) is 2.88. The molecule has 60 valence electrons. The Morgan fingerprint density at radius 3 is 2.36 bits per heavy atom. The SMILES string of the molecule is N#CC1(C2CC2)CCOCC1. The summed E-state index contributed by atoms with van der Waals surface area (Å²) < 4.78 is 5.25. The molecule has 11 heavy (non-hydrogen) atoms. The van der Waals surface area contributed by atoms with Crippen LogP contribution in [0.4, 0.5) is 0 Å². The van der Waals surface area contributed by atoms with E-state index in [-0.39, 0.29) is 5.41 Å². The lowest BCUT2D eigenvalue weighted by Crippen LogP contribution is -2.29. The van der Waals surface area contributed by atoms with Crippen molar-refractivity contribution in [2.75, 3.05) is 13.2 Å². The lowest BCUT2D eigenvalue weighted by molar-refractivity contribution is 0.0311. The topological polar surface area (TPSA) is 33.0 Å². The van der Waals surface area contributed by atoms with Gasteiger partial charge in [0.15, 0.2) is 0 Å². The van der Waals surface area contributed by atoms with E-state index in [1.54, 1.807) is 0 Å². The number of hydrogen-bond acceptors (Lipinski definition) is 2. The van der Waals surface area contributed by atoms with E-state index in [0.29, 0.717) is 5.92 Å². The van der Waals surface area contributed by atoms with Gasteiger partial charge in [-0.3, -0.25) is 0 Å². The molecule has 0 aromatic carbocycles. The molecule has 0 N–H and O–H groups in total.